The molecule has 11 nitrogen and oxygen atoms in total. The molecule has 0 aromatic heterocycles. The minimum Gasteiger partial charge on any atom is -0.480 e. The molecule has 1 fully saturated rings. The number of carboxylic acids is 1. The van der Waals surface area contributed by atoms with E-state index in [1.807, 2.05) is 30.3 Å². The van der Waals surface area contributed by atoms with Gasteiger partial charge in [-0.3, -0.25) is 9.59 Å². The fourth-order valence-electron chi connectivity index (χ4n) is 3.81. The molecule has 1 saturated heterocycles. The van der Waals surface area contributed by atoms with E-state index in [4.69, 9.17) is 10.6 Å². The maximum Gasteiger partial charge on any atom is 0.407 e. The van der Waals surface area contributed by atoms with Gasteiger partial charge in [0.1, 0.15) is 6.04 Å². The van der Waals surface area contributed by atoms with Crippen molar-refractivity contribution in [3.05, 3.63) is 65.7 Å². The quantitative estimate of drug-likeness (QED) is 0.207. The lowest BCUT2D eigenvalue weighted by atomic mass is 10.0. The van der Waals surface area contributed by atoms with Crippen LogP contribution < -0.4 is 21.4 Å². The van der Waals surface area contributed by atoms with E-state index in [2.05, 4.69) is 15.7 Å². The van der Waals surface area contributed by atoms with Crippen LogP contribution in [0, 0.1) is 5.92 Å². The number of carbonyl (C=O) groups excluding carboxylic acids is 3. The van der Waals surface area contributed by atoms with Crippen LogP contribution in [0.25, 0.3) is 0 Å². The summed E-state index contributed by atoms with van der Waals surface area (Å²) in [5.41, 5.74) is 2.48. The fourth-order valence-corrected chi connectivity index (χ4v) is 3.81. The highest BCUT2D eigenvalue weighted by atomic mass is 16.5. The molecule has 1 aliphatic rings. The van der Waals surface area contributed by atoms with E-state index in [9.17, 15) is 24.3 Å². The Morgan fingerprint density at radius 3 is 2.56 bits per heavy atom. The number of ether oxygens (including phenoxy) is 1. The number of carboxylic acid groups (broad SMARTS) is 1. The van der Waals surface area contributed by atoms with E-state index in [1.54, 1.807) is 29.2 Å². The molecular weight excluding hydrogens is 466 g/mol. The summed E-state index contributed by atoms with van der Waals surface area (Å²) in [4.78, 5) is 50.3. The number of benzene rings is 2. The van der Waals surface area contributed by atoms with E-state index in [1.165, 1.54) is 6.21 Å². The number of nitrogens with two attached hydrogens (primary N) is 1. The Kier molecular flexibility index (Phi) is 9.38. The number of rotatable bonds is 11. The van der Waals surface area contributed by atoms with E-state index >= 15 is 0 Å². The third kappa shape index (κ3) is 7.55. The zero-order chi connectivity index (χ0) is 25.9. The minimum atomic E-state index is -1.37. The standard InChI is InChI=1S/C25H29N5O6/c26-28-15-18-6-8-20(9-7-18)30-12-10-19(23(30)32)14-22(31)27-16-21(24(33)34)29-25(35)36-13-11-17-4-2-1-3-5-17/h1-9,15,19,21H,10-14,16,26H2,(H,27,31)(H,29,35)(H,33,34)/t19?,21-/m0/s1. The number of alkyl carbamates (subject to hydrolysis) is 1. The molecule has 1 unspecified atom stereocenters. The van der Waals surface area contributed by atoms with Gasteiger partial charge in [-0.05, 0) is 29.7 Å². The molecule has 1 aliphatic heterocycles. The number of amides is 3. The summed E-state index contributed by atoms with van der Waals surface area (Å²) in [5.74, 6) is 2.64. The Morgan fingerprint density at radius 1 is 1.17 bits per heavy atom. The highest BCUT2D eigenvalue weighted by Gasteiger charge is 2.34. The first-order valence-corrected chi connectivity index (χ1v) is 11.5. The molecule has 2 atom stereocenters. The Balaban J connectivity index is 1.42. The summed E-state index contributed by atoms with van der Waals surface area (Å²) in [6.07, 6.45) is 1.50. The zero-order valence-corrected chi connectivity index (χ0v) is 19.6. The lowest BCUT2D eigenvalue weighted by Gasteiger charge is -2.18. The Hall–Kier alpha value is -4.41. The number of aliphatic carboxylic acids is 1. The van der Waals surface area contributed by atoms with Gasteiger partial charge in [-0.25, -0.2) is 9.59 Å². The smallest absolute Gasteiger partial charge is 0.407 e. The van der Waals surface area contributed by atoms with Crippen LogP contribution in [0.4, 0.5) is 10.5 Å². The summed E-state index contributed by atoms with van der Waals surface area (Å²) in [6, 6.07) is 15.1. The molecule has 0 aliphatic carbocycles. The molecule has 0 spiro atoms. The van der Waals surface area contributed by atoms with Crippen molar-refractivity contribution in [3.8, 4) is 0 Å². The third-order valence-electron chi connectivity index (χ3n) is 5.74. The highest BCUT2D eigenvalue weighted by Crippen LogP contribution is 2.27. The van der Waals surface area contributed by atoms with Crippen molar-refractivity contribution in [1.29, 1.82) is 0 Å². The minimum absolute atomic E-state index is 0.0815. The molecule has 5 N–H and O–H groups in total. The predicted molar refractivity (Wildman–Crippen MR) is 132 cm³/mol. The number of hydrazone groups is 1. The molecule has 11 heteroatoms. The van der Waals surface area contributed by atoms with Gasteiger partial charge in [-0.15, -0.1) is 0 Å². The van der Waals surface area contributed by atoms with Gasteiger partial charge in [0.15, 0.2) is 0 Å². The first kappa shape index (κ1) is 26.2. The lowest BCUT2D eigenvalue weighted by Crippen LogP contribution is -2.49. The van der Waals surface area contributed by atoms with Gasteiger partial charge in [-0.1, -0.05) is 42.5 Å². The van der Waals surface area contributed by atoms with Gasteiger partial charge in [0, 0.05) is 37.5 Å². The second-order valence-corrected chi connectivity index (χ2v) is 8.26. The maximum absolute atomic E-state index is 12.8. The highest BCUT2D eigenvalue weighted by molar-refractivity contribution is 5.99. The first-order chi connectivity index (χ1) is 17.4. The van der Waals surface area contributed by atoms with Crippen molar-refractivity contribution in [2.45, 2.75) is 25.3 Å². The Labute approximate surface area is 208 Å². The fraction of sp³-hybridized carbons (Fsp3) is 0.320. The van der Waals surface area contributed by atoms with Crippen LogP contribution in [0.2, 0.25) is 0 Å². The number of nitrogens with one attached hydrogen (secondary N) is 2. The zero-order valence-electron chi connectivity index (χ0n) is 19.6. The summed E-state index contributed by atoms with van der Waals surface area (Å²) >= 11 is 0. The molecule has 3 amide bonds. The average molecular weight is 496 g/mol. The van der Waals surface area contributed by atoms with E-state index in [0.29, 0.717) is 25.1 Å². The van der Waals surface area contributed by atoms with Crippen molar-refractivity contribution >= 4 is 35.8 Å². The lowest BCUT2D eigenvalue weighted by molar-refractivity contribution is -0.139. The molecule has 0 bridgehead atoms. The van der Waals surface area contributed by atoms with Gasteiger partial charge in [0.2, 0.25) is 11.8 Å². The largest absolute Gasteiger partial charge is 0.480 e. The normalized spacial score (nSPS) is 16.1. The van der Waals surface area contributed by atoms with Crippen molar-refractivity contribution in [2.24, 2.45) is 16.9 Å². The van der Waals surface area contributed by atoms with Crippen LogP contribution in [0.5, 0.6) is 0 Å². The molecule has 2 aromatic rings. The van der Waals surface area contributed by atoms with Crippen LogP contribution in [-0.2, 0) is 25.5 Å². The number of anilines is 1. The predicted octanol–water partition coefficient (Wildman–Crippen LogP) is 1.26. The average Bonchev–Trinajstić information content (AvgIpc) is 3.22. The summed E-state index contributed by atoms with van der Waals surface area (Å²) in [6.45, 7) is 0.212. The topological polar surface area (TPSA) is 163 Å². The van der Waals surface area contributed by atoms with Crippen LogP contribution in [0.1, 0.15) is 24.0 Å². The van der Waals surface area contributed by atoms with Gasteiger partial charge >= 0.3 is 12.1 Å². The second kappa shape index (κ2) is 12.9. The van der Waals surface area contributed by atoms with Crippen LogP contribution in [-0.4, -0.2) is 60.9 Å². The number of carbonyl (C=O) groups is 4. The van der Waals surface area contributed by atoms with Gasteiger partial charge in [0.05, 0.1) is 12.8 Å². The summed E-state index contributed by atoms with van der Waals surface area (Å²) < 4.78 is 5.04. The van der Waals surface area contributed by atoms with Gasteiger partial charge in [-0.2, -0.15) is 5.10 Å². The van der Waals surface area contributed by atoms with E-state index < -0.39 is 29.9 Å². The van der Waals surface area contributed by atoms with Crippen LogP contribution in [0.15, 0.2) is 59.7 Å². The molecule has 1 heterocycles. The van der Waals surface area contributed by atoms with Crippen LogP contribution in [0.3, 0.4) is 0 Å². The Bertz CT molecular complexity index is 1090. The molecule has 0 radical (unpaired) electrons. The van der Waals surface area contributed by atoms with Crippen molar-refractivity contribution in [3.63, 3.8) is 0 Å². The molecule has 2 aromatic carbocycles. The SMILES string of the molecule is NN=Cc1ccc(N2CCC(CC(=O)NC[C@H](NC(=O)OCCc3ccccc3)C(=O)O)C2=O)cc1. The number of hydrogen-bond acceptors (Lipinski definition) is 7. The van der Waals surface area contributed by atoms with Crippen molar-refractivity contribution in [1.82, 2.24) is 10.6 Å². The molecule has 0 saturated carbocycles. The Morgan fingerprint density at radius 2 is 1.89 bits per heavy atom. The van der Waals surface area contributed by atoms with Crippen LogP contribution >= 0.6 is 0 Å². The first-order valence-electron chi connectivity index (χ1n) is 11.5. The molecule has 190 valence electrons. The molecule has 3 rings (SSSR count). The van der Waals surface area contributed by atoms with Crippen molar-refractivity contribution in [2.75, 3.05) is 24.6 Å². The molecule has 36 heavy (non-hydrogen) atoms. The molecular formula is C25H29N5O6. The van der Waals surface area contributed by atoms with Gasteiger partial charge in [0.25, 0.3) is 0 Å². The monoisotopic (exact) mass is 495 g/mol. The van der Waals surface area contributed by atoms with E-state index in [0.717, 1.165) is 11.1 Å². The van der Waals surface area contributed by atoms with Crippen molar-refractivity contribution < 1.29 is 29.0 Å². The summed E-state index contributed by atoms with van der Waals surface area (Å²) in [7, 11) is 0. The number of hydrogen-bond donors (Lipinski definition) is 4. The summed E-state index contributed by atoms with van der Waals surface area (Å²) in [5, 5.41) is 17.6. The van der Waals surface area contributed by atoms with E-state index in [-0.39, 0.29) is 25.5 Å². The second-order valence-electron chi connectivity index (χ2n) is 8.26. The number of nitrogens with zero attached hydrogens (tertiary/aromatic N) is 2. The van der Waals surface area contributed by atoms with Gasteiger partial charge < -0.3 is 31.2 Å². The third-order valence-corrected chi connectivity index (χ3v) is 5.74. The maximum atomic E-state index is 12.8.